The normalized spacial score (nSPS) is 12.8. The van der Waals surface area contributed by atoms with Crippen molar-refractivity contribution in [2.45, 2.75) is 19.4 Å². The van der Waals surface area contributed by atoms with E-state index in [-0.39, 0.29) is 5.56 Å². The summed E-state index contributed by atoms with van der Waals surface area (Å²) in [6.07, 6.45) is 0.480. The summed E-state index contributed by atoms with van der Waals surface area (Å²) in [4.78, 5) is 0. The zero-order valence-electron chi connectivity index (χ0n) is 8.67. The van der Waals surface area contributed by atoms with Crippen LogP contribution in [0.25, 0.3) is 0 Å². The van der Waals surface area contributed by atoms with Crippen LogP contribution in [0.1, 0.15) is 24.9 Å². The van der Waals surface area contributed by atoms with Gasteiger partial charge in [-0.25, -0.2) is 8.78 Å². The fraction of sp³-hybridized carbons (Fsp3) is 0.455. The van der Waals surface area contributed by atoms with Gasteiger partial charge in [-0.2, -0.15) is 0 Å². The molecule has 0 fully saturated rings. The van der Waals surface area contributed by atoms with Crippen LogP contribution in [0.2, 0.25) is 0 Å². The molecule has 0 aliphatic carbocycles. The van der Waals surface area contributed by atoms with Gasteiger partial charge in [-0.05, 0) is 19.4 Å². The molecule has 0 spiro atoms. The van der Waals surface area contributed by atoms with Crippen molar-refractivity contribution in [3.05, 3.63) is 35.4 Å². The lowest BCUT2D eigenvalue weighted by molar-refractivity contribution is 0.139. The third kappa shape index (κ3) is 3.25. The van der Waals surface area contributed by atoms with Gasteiger partial charge in [-0.15, -0.1) is 0 Å². The van der Waals surface area contributed by atoms with E-state index in [0.717, 1.165) is 6.07 Å². The van der Waals surface area contributed by atoms with Gasteiger partial charge in [0.1, 0.15) is 0 Å². The highest BCUT2D eigenvalue weighted by Gasteiger charge is 2.13. The fourth-order valence-electron chi connectivity index (χ4n) is 1.32. The van der Waals surface area contributed by atoms with Crippen LogP contribution in [-0.4, -0.2) is 13.2 Å². The first kappa shape index (κ1) is 12.1. The quantitative estimate of drug-likeness (QED) is 0.765. The Bertz CT molecular complexity index is 317. The van der Waals surface area contributed by atoms with Gasteiger partial charge in [0.2, 0.25) is 0 Å². The first-order valence-electron chi connectivity index (χ1n) is 4.94. The highest BCUT2D eigenvalue weighted by atomic mass is 19.2. The summed E-state index contributed by atoms with van der Waals surface area (Å²) in [5.41, 5.74) is 5.92. The molecule has 84 valence electrons. The van der Waals surface area contributed by atoms with Gasteiger partial charge in [0.05, 0.1) is 0 Å². The number of hydrogen-bond acceptors (Lipinski definition) is 2. The molecule has 0 aliphatic heterocycles. The largest absolute Gasteiger partial charge is 0.382 e. The minimum atomic E-state index is -0.862. The summed E-state index contributed by atoms with van der Waals surface area (Å²) >= 11 is 0. The lowest BCUT2D eigenvalue weighted by Crippen LogP contribution is -2.15. The average Bonchev–Trinajstić information content (AvgIpc) is 2.22. The second-order valence-corrected chi connectivity index (χ2v) is 3.24. The van der Waals surface area contributed by atoms with E-state index >= 15 is 0 Å². The Morgan fingerprint density at radius 3 is 2.80 bits per heavy atom. The van der Waals surface area contributed by atoms with E-state index < -0.39 is 17.7 Å². The SMILES string of the molecule is CCOCCC(N)c1cccc(F)c1F. The third-order valence-electron chi connectivity index (χ3n) is 2.16. The summed E-state index contributed by atoms with van der Waals surface area (Å²) in [5, 5.41) is 0. The summed E-state index contributed by atoms with van der Waals surface area (Å²) in [5.74, 6) is -1.72. The first-order valence-corrected chi connectivity index (χ1v) is 4.94. The van der Waals surface area contributed by atoms with Crippen molar-refractivity contribution in [3.8, 4) is 0 Å². The Morgan fingerprint density at radius 2 is 2.13 bits per heavy atom. The molecule has 1 rings (SSSR count). The maximum atomic E-state index is 13.3. The standard InChI is InChI=1S/C11H15F2NO/c1-2-15-7-6-10(14)8-4-3-5-9(12)11(8)13/h3-5,10H,2,6-7,14H2,1H3. The van der Waals surface area contributed by atoms with E-state index in [4.69, 9.17) is 10.5 Å². The second kappa shape index (κ2) is 5.78. The van der Waals surface area contributed by atoms with E-state index in [1.54, 1.807) is 0 Å². The summed E-state index contributed by atoms with van der Waals surface area (Å²) in [6, 6.07) is 3.50. The topological polar surface area (TPSA) is 35.2 Å². The maximum absolute atomic E-state index is 13.3. The molecule has 2 N–H and O–H groups in total. The lowest BCUT2D eigenvalue weighted by atomic mass is 10.0. The first-order chi connectivity index (χ1) is 7.16. The molecule has 0 bridgehead atoms. The van der Waals surface area contributed by atoms with Crippen molar-refractivity contribution in [3.63, 3.8) is 0 Å². The monoisotopic (exact) mass is 215 g/mol. The molecular formula is C11H15F2NO. The van der Waals surface area contributed by atoms with E-state index in [0.29, 0.717) is 19.6 Å². The molecule has 15 heavy (non-hydrogen) atoms. The Morgan fingerprint density at radius 1 is 1.40 bits per heavy atom. The zero-order valence-corrected chi connectivity index (χ0v) is 8.67. The van der Waals surface area contributed by atoms with E-state index in [2.05, 4.69) is 0 Å². The number of benzene rings is 1. The van der Waals surface area contributed by atoms with Crippen LogP contribution in [0, 0.1) is 11.6 Å². The highest BCUT2D eigenvalue weighted by molar-refractivity contribution is 5.22. The Kier molecular flexibility index (Phi) is 4.65. The van der Waals surface area contributed by atoms with Crippen LogP contribution in [-0.2, 0) is 4.74 Å². The van der Waals surface area contributed by atoms with Crippen molar-refractivity contribution >= 4 is 0 Å². The molecule has 1 aromatic carbocycles. The van der Waals surface area contributed by atoms with E-state index in [1.807, 2.05) is 6.92 Å². The fourth-order valence-corrected chi connectivity index (χ4v) is 1.32. The number of nitrogens with two attached hydrogens (primary N) is 1. The van der Waals surface area contributed by atoms with Crippen LogP contribution in [0.4, 0.5) is 8.78 Å². The molecular weight excluding hydrogens is 200 g/mol. The molecule has 0 saturated carbocycles. The smallest absolute Gasteiger partial charge is 0.163 e. The van der Waals surface area contributed by atoms with Crippen molar-refractivity contribution in [1.29, 1.82) is 0 Å². The molecule has 0 saturated heterocycles. The third-order valence-corrected chi connectivity index (χ3v) is 2.16. The van der Waals surface area contributed by atoms with Gasteiger partial charge in [-0.3, -0.25) is 0 Å². The number of rotatable bonds is 5. The Balaban J connectivity index is 2.65. The van der Waals surface area contributed by atoms with E-state index in [9.17, 15) is 8.78 Å². The minimum absolute atomic E-state index is 0.203. The molecule has 0 aromatic heterocycles. The Hall–Kier alpha value is -1.00. The van der Waals surface area contributed by atoms with Gasteiger partial charge in [0.15, 0.2) is 11.6 Å². The molecule has 0 radical (unpaired) electrons. The molecule has 1 atom stereocenters. The van der Waals surface area contributed by atoms with Gasteiger partial charge < -0.3 is 10.5 Å². The molecule has 1 unspecified atom stereocenters. The van der Waals surface area contributed by atoms with Crippen LogP contribution in [0.5, 0.6) is 0 Å². The molecule has 0 aliphatic rings. The van der Waals surface area contributed by atoms with Gasteiger partial charge >= 0.3 is 0 Å². The van der Waals surface area contributed by atoms with Gasteiger partial charge in [0, 0.05) is 24.8 Å². The van der Waals surface area contributed by atoms with Crippen molar-refractivity contribution in [1.82, 2.24) is 0 Å². The predicted octanol–water partition coefficient (Wildman–Crippen LogP) is 2.39. The minimum Gasteiger partial charge on any atom is -0.382 e. The summed E-state index contributed by atoms with van der Waals surface area (Å²) in [6.45, 7) is 2.92. The van der Waals surface area contributed by atoms with Crippen molar-refractivity contribution in [2.24, 2.45) is 5.73 Å². The number of halogens is 2. The zero-order chi connectivity index (χ0) is 11.3. The number of hydrogen-bond donors (Lipinski definition) is 1. The molecule has 4 heteroatoms. The van der Waals surface area contributed by atoms with Crippen LogP contribution < -0.4 is 5.73 Å². The lowest BCUT2D eigenvalue weighted by Gasteiger charge is -2.12. The molecule has 0 amide bonds. The Labute approximate surface area is 88.0 Å². The second-order valence-electron chi connectivity index (χ2n) is 3.24. The number of ether oxygens (including phenoxy) is 1. The molecule has 2 nitrogen and oxygen atoms in total. The maximum Gasteiger partial charge on any atom is 0.163 e. The predicted molar refractivity (Wildman–Crippen MR) is 54.4 cm³/mol. The average molecular weight is 215 g/mol. The summed E-state index contributed by atoms with van der Waals surface area (Å²) in [7, 11) is 0. The molecule has 1 aromatic rings. The molecule has 0 heterocycles. The van der Waals surface area contributed by atoms with Crippen LogP contribution in [0.15, 0.2) is 18.2 Å². The van der Waals surface area contributed by atoms with Gasteiger partial charge in [-0.1, -0.05) is 12.1 Å². The summed E-state index contributed by atoms with van der Waals surface area (Å²) < 4.78 is 31.2. The van der Waals surface area contributed by atoms with E-state index in [1.165, 1.54) is 12.1 Å². The van der Waals surface area contributed by atoms with Gasteiger partial charge in [0.25, 0.3) is 0 Å². The van der Waals surface area contributed by atoms with Crippen LogP contribution >= 0.6 is 0 Å². The van der Waals surface area contributed by atoms with Crippen molar-refractivity contribution < 1.29 is 13.5 Å². The van der Waals surface area contributed by atoms with Crippen molar-refractivity contribution in [2.75, 3.05) is 13.2 Å². The highest BCUT2D eigenvalue weighted by Crippen LogP contribution is 2.19. The van der Waals surface area contributed by atoms with Crippen LogP contribution in [0.3, 0.4) is 0 Å².